The first kappa shape index (κ1) is 10.7. The Morgan fingerprint density at radius 1 is 1.27 bits per heavy atom. The second-order valence-electron chi connectivity index (χ2n) is 4.76. The van der Waals surface area contributed by atoms with Crippen LogP contribution < -0.4 is 0 Å². The van der Waals surface area contributed by atoms with Gasteiger partial charge in [0.05, 0.1) is 0 Å². The summed E-state index contributed by atoms with van der Waals surface area (Å²) < 4.78 is 0. The van der Waals surface area contributed by atoms with Gasteiger partial charge in [0.2, 0.25) is 0 Å². The van der Waals surface area contributed by atoms with E-state index in [-0.39, 0.29) is 0 Å². The molecule has 1 nitrogen and oxygen atoms in total. The van der Waals surface area contributed by atoms with E-state index in [2.05, 4.69) is 43.0 Å². The third kappa shape index (κ3) is 2.82. The Kier molecular flexibility index (Phi) is 3.42. The minimum Gasteiger partial charge on any atom is -0.300 e. The molecule has 0 aliphatic carbocycles. The molecule has 82 valence electrons. The van der Waals surface area contributed by atoms with Gasteiger partial charge in [-0.25, -0.2) is 0 Å². The Hall–Kier alpha value is -0.820. The Morgan fingerprint density at radius 3 is 2.60 bits per heavy atom. The van der Waals surface area contributed by atoms with Crippen molar-refractivity contribution >= 4 is 0 Å². The maximum absolute atomic E-state index is 2.61. The molecule has 1 aromatic rings. The first-order chi connectivity index (χ1) is 7.25. The lowest BCUT2D eigenvalue weighted by Gasteiger charge is -2.20. The number of aryl methyl sites for hydroxylation is 1. The van der Waals surface area contributed by atoms with Gasteiger partial charge < -0.3 is 4.90 Å². The zero-order valence-electron chi connectivity index (χ0n) is 9.87. The molecule has 15 heavy (non-hydrogen) atoms. The summed E-state index contributed by atoms with van der Waals surface area (Å²) in [6.07, 6.45) is 3.97. The maximum atomic E-state index is 2.61. The first-order valence-corrected chi connectivity index (χ1v) is 6.05. The summed E-state index contributed by atoms with van der Waals surface area (Å²) in [5.74, 6) is 0. The summed E-state index contributed by atoms with van der Waals surface area (Å²) in [6.45, 7) is 7.02. The van der Waals surface area contributed by atoms with Gasteiger partial charge in [-0.2, -0.15) is 0 Å². The van der Waals surface area contributed by atoms with E-state index in [9.17, 15) is 0 Å². The fraction of sp³-hybridized carbons (Fsp3) is 0.571. The van der Waals surface area contributed by atoms with Crippen LogP contribution in [0.4, 0.5) is 0 Å². The van der Waals surface area contributed by atoms with E-state index in [0.29, 0.717) is 0 Å². The van der Waals surface area contributed by atoms with Crippen molar-refractivity contribution in [3.8, 4) is 0 Å². The fourth-order valence-electron chi connectivity index (χ4n) is 2.35. The molecule has 0 amide bonds. The van der Waals surface area contributed by atoms with Gasteiger partial charge in [0.15, 0.2) is 0 Å². The smallest absolute Gasteiger partial charge is 0.00675 e. The highest BCUT2D eigenvalue weighted by Gasteiger charge is 2.19. The standard InChI is InChI=1S/C14H21N/c1-12-5-7-14(8-6-12)9-11-15-10-3-4-13(15)2/h5-8,13H,3-4,9-11H2,1-2H3/t13-/m0/s1. The quantitative estimate of drug-likeness (QED) is 0.730. The lowest BCUT2D eigenvalue weighted by molar-refractivity contribution is 0.272. The molecule has 0 bridgehead atoms. The van der Waals surface area contributed by atoms with Crippen LogP contribution in [-0.4, -0.2) is 24.0 Å². The van der Waals surface area contributed by atoms with E-state index < -0.39 is 0 Å². The third-order valence-corrected chi connectivity index (χ3v) is 3.50. The predicted molar refractivity (Wildman–Crippen MR) is 65.2 cm³/mol. The van der Waals surface area contributed by atoms with Gasteiger partial charge in [0, 0.05) is 12.6 Å². The molecule has 0 N–H and O–H groups in total. The van der Waals surface area contributed by atoms with Crippen LogP contribution in [0.2, 0.25) is 0 Å². The summed E-state index contributed by atoms with van der Waals surface area (Å²) in [6, 6.07) is 9.74. The highest BCUT2D eigenvalue weighted by atomic mass is 15.2. The molecule has 0 aromatic heterocycles. The summed E-state index contributed by atoms with van der Waals surface area (Å²) in [7, 11) is 0. The maximum Gasteiger partial charge on any atom is 0.00675 e. The van der Waals surface area contributed by atoms with Gasteiger partial charge in [0.1, 0.15) is 0 Å². The van der Waals surface area contributed by atoms with Crippen LogP contribution in [-0.2, 0) is 6.42 Å². The molecule has 1 fully saturated rings. The molecule has 0 unspecified atom stereocenters. The summed E-state index contributed by atoms with van der Waals surface area (Å²) in [5.41, 5.74) is 2.83. The lowest BCUT2D eigenvalue weighted by atomic mass is 10.1. The van der Waals surface area contributed by atoms with Crippen LogP contribution >= 0.6 is 0 Å². The molecule has 0 saturated carbocycles. The van der Waals surface area contributed by atoms with Crippen LogP contribution in [0.3, 0.4) is 0 Å². The van der Waals surface area contributed by atoms with Crippen LogP contribution in [0.1, 0.15) is 30.9 Å². The zero-order chi connectivity index (χ0) is 10.7. The third-order valence-electron chi connectivity index (χ3n) is 3.50. The zero-order valence-corrected chi connectivity index (χ0v) is 9.87. The average Bonchev–Trinajstić information content (AvgIpc) is 2.63. The van der Waals surface area contributed by atoms with Gasteiger partial charge >= 0.3 is 0 Å². The number of benzene rings is 1. The number of likely N-dealkylation sites (tertiary alicyclic amines) is 1. The second kappa shape index (κ2) is 4.80. The Morgan fingerprint density at radius 2 is 2.00 bits per heavy atom. The van der Waals surface area contributed by atoms with Crippen molar-refractivity contribution in [2.24, 2.45) is 0 Å². The van der Waals surface area contributed by atoms with Gasteiger partial charge in [-0.1, -0.05) is 29.8 Å². The van der Waals surface area contributed by atoms with Gasteiger partial charge in [0.25, 0.3) is 0 Å². The predicted octanol–water partition coefficient (Wildman–Crippen LogP) is 3.02. The molecule has 1 aliphatic heterocycles. The van der Waals surface area contributed by atoms with Gasteiger partial charge in [-0.05, 0) is 45.2 Å². The lowest BCUT2D eigenvalue weighted by Crippen LogP contribution is -2.28. The van der Waals surface area contributed by atoms with Crippen molar-refractivity contribution in [3.63, 3.8) is 0 Å². The molecular formula is C14H21N. The van der Waals surface area contributed by atoms with Gasteiger partial charge in [-0.15, -0.1) is 0 Å². The largest absolute Gasteiger partial charge is 0.300 e. The summed E-state index contributed by atoms with van der Waals surface area (Å²) in [5, 5.41) is 0. The molecule has 1 heteroatoms. The van der Waals surface area contributed by atoms with Crippen LogP contribution in [0.5, 0.6) is 0 Å². The van der Waals surface area contributed by atoms with E-state index >= 15 is 0 Å². The Labute approximate surface area is 93.1 Å². The molecule has 1 aromatic carbocycles. The second-order valence-corrected chi connectivity index (χ2v) is 4.76. The number of hydrogen-bond donors (Lipinski definition) is 0. The van der Waals surface area contributed by atoms with E-state index in [1.54, 1.807) is 0 Å². The number of hydrogen-bond acceptors (Lipinski definition) is 1. The molecule has 1 aliphatic rings. The van der Waals surface area contributed by atoms with E-state index in [4.69, 9.17) is 0 Å². The Balaban J connectivity index is 1.85. The number of nitrogens with zero attached hydrogens (tertiary/aromatic N) is 1. The van der Waals surface area contributed by atoms with Crippen LogP contribution in [0.15, 0.2) is 24.3 Å². The normalized spacial score (nSPS) is 22.1. The topological polar surface area (TPSA) is 3.24 Å². The monoisotopic (exact) mass is 203 g/mol. The fourth-order valence-corrected chi connectivity index (χ4v) is 2.35. The van der Waals surface area contributed by atoms with Gasteiger partial charge in [-0.3, -0.25) is 0 Å². The Bertz CT molecular complexity index is 302. The van der Waals surface area contributed by atoms with Crippen molar-refractivity contribution in [3.05, 3.63) is 35.4 Å². The molecule has 0 radical (unpaired) electrons. The van der Waals surface area contributed by atoms with Crippen LogP contribution in [0, 0.1) is 6.92 Å². The van der Waals surface area contributed by atoms with Crippen molar-refractivity contribution in [2.75, 3.05) is 13.1 Å². The molecule has 1 saturated heterocycles. The van der Waals surface area contributed by atoms with E-state index in [1.165, 1.54) is 43.5 Å². The SMILES string of the molecule is Cc1ccc(CCN2CCC[C@@H]2C)cc1. The summed E-state index contributed by atoms with van der Waals surface area (Å²) >= 11 is 0. The van der Waals surface area contributed by atoms with Crippen molar-refractivity contribution in [1.82, 2.24) is 4.90 Å². The highest BCUT2D eigenvalue weighted by Crippen LogP contribution is 2.16. The summed E-state index contributed by atoms with van der Waals surface area (Å²) in [4.78, 5) is 2.61. The molecule has 1 heterocycles. The minimum atomic E-state index is 0.801. The molecule has 1 atom stereocenters. The van der Waals surface area contributed by atoms with Crippen molar-refractivity contribution in [2.45, 2.75) is 39.2 Å². The van der Waals surface area contributed by atoms with E-state index in [0.717, 1.165) is 6.04 Å². The average molecular weight is 203 g/mol. The van der Waals surface area contributed by atoms with Crippen molar-refractivity contribution in [1.29, 1.82) is 0 Å². The van der Waals surface area contributed by atoms with Crippen molar-refractivity contribution < 1.29 is 0 Å². The molecule has 2 rings (SSSR count). The molecule has 0 spiro atoms. The van der Waals surface area contributed by atoms with Crippen LogP contribution in [0.25, 0.3) is 0 Å². The molecular weight excluding hydrogens is 182 g/mol. The highest BCUT2D eigenvalue weighted by molar-refractivity contribution is 5.21. The van der Waals surface area contributed by atoms with E-state index in [1.807, 2.05) is 0 Å². The first-order valence-electron chi connectivity index (χ1n) is 6.05. The minimum absolute atomic E-state index is 0.801. The number of rotatable bonds is 3.